The largest absolute Gasteiger partial charge is 0.479 e. The van der Waals surface area contributed by atoms with Gasteiger partial charge in [0.25, 0.3) is 0 Å². The molecule has 0 aromatic heterocycles. The van der Waals surface area contributed by atoms with Crippen LogP contribution in [-0.2, 0) is 9.53 Å². The summed E-state index contributed by atoms with van der Waals surface area (Å²) >= 11 is 0. The van der Waals surface area contributed by atoms with Crippen molar-refractivity contribution in [3.05, 3.63) is 0 Å². The molecule has 4 N–H and O–H groups in total. The summed E-state index contributed by atoms with van der Waals surface area (Å²) in [5.74, 6) is -1.57. The second-order valence-electron chi connectivity index (χ2n) is 4.95. The maximum atomic E-state index is 11.2. The SMILES string of the molecule is CC(C)(C)OC(=O)NC[C@](C)(O)[C@H](O)C(=O)O. The lowest BCUT2D eigenvalue weighted by Crippen LogP contribution is -2.52. The molecule has 0 saturated carbocycles. The fourth-order valence-corrected chi connectivity index (χ4v) is 0.928. The number of ether oxygens (including phenoxy) is 1. The van der Waals surface area contributed by atoms with E-state index in [2.05, 4.69) is 5.32 Å². The van der Waals surface area contributed by atoms with Gasteiger partial charge >= 0.3 is 12.1 Å². The van der Waals surface area contributed by atoms with Crippen molar-refractivity contribution in [3.8, 4) is 0 Å². The molecule has 0 heterocycles. The molecule has 0 radical (unpaired) electrons. The molecule has 100 valence electrons. The number of carboxylic acids is 1. The van der Waals surface area contributed by atoms with E-state index in [-0.39, 0.29) is 0 Å². The number of aliphatic carboxylic acids is 1. The van der Waals surface area contributed by atoms with E-state index in [1.54, 1.807) is 20.8 Å². The highest BCUT2D eigenvalue weighted by molar-refractivity contribution is 5.74. The van der Waals surface area contributed by atoms with Crippen molar-refractivity contribution in [3.63, 3.8) is 0 Å². The van der Waals surface area contributed by atoms with Crippen LogP contribution in [0.5, 0.6) is 0 Å². The van der Waals surface area contributed by atoms with Gasteiger partial charge in [-0.05, 0) is 27.7 Å². The molecular formula is C10H19NO6. The quantitative estimate of drug-likeness (QED) is 0.544. The van der Waals surface area contributed by atoms with E-state index >= 15 is 0 Å². The summed E-state index contributed by atoms with van der Waals surface area (Å²) in [7, 11) is 0. The molecule has 17 heavy (non-hydrogen) atoms. The van der Waals surface area contributed by atoms with Crippen LogP contribution in [-0.4, -0.2) is 51.2 Å². The number of hydrogen-bond acceptors (Lipinski definition) is 5. The van der Waals surface area contributed by atoms with Gasteiger partial charge < -0.3 is 25.4 Å². The second kappa shape index (κ2) is 5.33. The molecular weight excluding hydrogens is 230 g/mol. The van der Waals surface area contributed by atoms with Crippen molar-refractivity contribution in [2.24, 2.45) is 0 Å². The Kier molecular flexibility index (Phi) is 4.91. The topological polar surface area (TPSA) is 116 Å². The van der Waals surface area contributed by atoms with Gasteiger partial charge in [0, 0.05) is 0 Å². The normalized spacial score (nSPS) is 16.8. The average molecular weight is 249 g/mol. The van der Waals surface area contributed by atoms with Crippen LogP contribution < -0.4 is 5.32 Å². The Bertz CT molecular complexity index is 294. The Morgan fingerprint density at radius 1 is 1.29 bits per heavy atom. The average Bonchev–Trinajstić information content (AvgIpc) is 2.11. The predicted octanol–water partition coefficient (Wildman–Crippen LogP) is -0.292. The Morgan fingerprint density at radius 2 is 1.76 bits per heavy atom. The first-order chi connectivity index (χ1) is 7.46. The monoisotopic (exact) mass is 249 g/mol. The van der Waals surface area contributed by atoms with E-state index in [0.29, 0.717) is 0 Å². The van der Waals surface area contributed by atoms with E-state index in [1.165, 1.54) is 0 Å². The highest BCUT2D eigenvalue weighted by Crippen LogP contribution is 2.10. The van der Waals surface area contributed by atoms with Crippen LogP contribution in [0.25, 0.3) is 0 Å². The van der Waals surface area contributed by atoms with Gasteiger partial charge in [-0.1, -0.05) is 0 Å². The van der Waals surface area contributed by atoms with Crippen molar-refractivity contribution in [2.45, 2.75) is 45.0 Å². The third-order valence-electron chi connectivity index (χ3n) is 1.81. The summed E-state index contributed by atoms with van der Waals surface area (Å²) in [5.41, 5.74) is -2.66. The minimum atomic E-state index is -1.99. The van der Waals surface area contributed by atoms with Crippen molar-refractivity contribution in [1.29, 1.82) is 0 Å². The third-order valence-corrected chi connectivity index (χ3v) is 1.81. The first-order valence-corrected chi connectivity index (χ1v) is 5.06. The molecule has 0 rings (SSSR count). The number of hydrogen-bond donors (Lipinski definition) is 4. The number of carboxylic acid groups (broad SMARTS) is 1. The number of carbonyl (C=O) groups excluding carboxylic acids is 1. The summed E-state index contributed by atoms with van der Waals surface area (Å²) < 4.78 is 4.88. The lowest BCUT2D eigenvalue weighted by molar-refractivity contribution is -0.160. The van der Waals surface area contributed by atoms with E-state index in [1.807, 2.05) is 0 Å². The number of alkyl carbamates (subject to hydrolysis) is 1. The van der Waals surface area contributed by atoms with Crippen molar-refractivity contribution in [2.75, 3.05) is 6.54 Å². The maximum Gasteiger partial charge on any atom is 0.407 e. The molecule has 7 heteroatoms. The number of rotatable bonds is 4. The lowest BCUT2D eigenvalue weighted by atomic mass is 9.99. The van der Waals surface area contributed by atoms with Crippen LogP contribution in [0.4, 0.5) is 4.79 Å². The van der Waals surface area contributed by atoms with E-state index in [9.17, 15) is 14.7 Å². The summed E-state index contributed by atoms with van der Waals surface area (Å²) in [6, 6.07) is 0. The zero-order chi connectivity index (χ0) is 13.9. The molecule has 0 fully saturated rings. The maximum absolute atomic E-state index is 11.2. The number of aliphatic hydroxyl groups is 2. The zero-order valence-electron chi connectivity index (χ0n) is 10.4. The molecule has 0 aliphatic heterocycles. The standard InChI is InChI=1S/C10H19NO6/c1-9(2,3)17-8(15)11-5-10(4,16)6(12)7(13)14/h6,12,16H,5H2,1-4H3,(H,11,15)(H,13,14)/t6-,10+/m1/s1. The first kappa shape index (κ1) is 15.7. The minimum absolute atomic E-state index is 0.435. The van der Waals surface area contributed by atoms with Crippen LogP contribution in [0.15, 0.2) is 0 Å². The summed E-state index contributed by atoms with van der Waals surface area (Å²) in [4.78, 5) is 21.7. The Hall–Kier alpha value is -1.34. The highest BCUT2D eigenvalue weighted by atomic mass is 16.6. The number of nitrogens with one attached hydrogen (secondary N) is 1. The first-order valence-electron chi connectivity index (χ1n) is 5.06. The van der Waals surface area contributed by atoms with Gasteiger partial charge in [-0.25, -0.2) is 9.59 Å². The van der Waals surface area contributed by atoms with Gasteiger partial charge in [0.1, 0.15) is 11.2 Å². The van der Waals surface area contributed by atoms with Gasteiger partial charge in [0.2, 0.25) is 0 Å². The van der Waals surface area contributed by atoms with Crippen LogP contribution in [0.2, 0.25) is 0 Å². The van der Waals surface area contributed by atoms with E-state index in [4.69, 9.17) is 14.9 Å². The van der Waals surface area contributed by atoms with Crippen LogP contribution >= 0.6 is 0 Å². The van der Waals surface area contributed by atoms with Crippen LogP contribution in [0.3, 0.4) is 0 Å². The smallest absolute Gasteiger partial charge is 0.407 e. The predicted molar refractivity (Wildman–Crippen MR) is 58.5 cm³/mol. The Morgan fingerprint density at radius 3 is 2.12 bits per heavy atom. The van der Waals surface area contributed by atoms with Gasteiger partial charge in [-0.2, -0.15) is 0 Å². The molecule has 0 aliphatic carbocycles. The number of carbonyl (C=O) groups is 2. The summed E-state index contributed by atoms with van der Waals surface area (Å²) in [6.07, 6.45) is -2.78. The molecule has 7 nitrogen and oxygen atoms in total. The molecule has 0 aromatic rings. The molecule has 0 saturated heterocycles. The highest BCUT2D eigenvalue weighted by Gasteiger charge is 2.36. The molecule has 1 amide bonds. The molecule has 0 aliphatic rings. The minimum Gasteiger partial charge on any atom is -0.479 e. The van der Waals surface area contributed by atoms with Gasteiger partial charge in [-0.3, -0.25) is 0 Å². The van der Waals surface area contributed by atoms with Crippen molar-refractivity contribution >= 4 is 12.1 Å². The van der Waals surface area contributed by atoms with Crippen LogP contribution in [0.1, 0.15) is 27.7 Å². The van der Waals surface area contributed by atoms with E-state index < -0.39 is 35.9 Å². The lowest BCUT2D eigenvalue weighted by Gasteiger charge is -2.27. The Labute approximate surface area is 99.4 Å². The molecule has 0 unspecified atom stereocenters. The summed E-state index contributed by atoms with van der Waals surface area (Å²) in [5, 5.41) is 29.5. The summed E-state index contributed by atoms with van der Waals surface area (Å²) in [6.45, 7) is 5.66. The molecule has 2 atom stereocenters. The van der Waals surface area contributed by atoms with E-state index in [0.717, 1.165) is 6.92 Å². The second-order valence-corrected chi connectivity index (χ2v) is 4.95. The fraction of sp³-hybridized carbons (Fsp3) is 0.800. The zero-order valence-corrected chi connectivity index (χ0v) is 10.4. The molecule has 0 aromatic carbocycles. The van der Waals surface area contributed by atoms with Crippen LogP contribution in [0, 0.1) is 0 Å². The number of aliphatic hydroxyl groups excluding tert-OH is 1. The van der Waals surface area contributed by atoms with Gasteiger partial charge in [-0.15, -0.1) is 0 Å². The van der Waals surface area contributed by atoms with Crippen molar-refractivity contribution < 1.29 is 29.6 Å². The third kappa shape index (κ3) is 6.08. The fourth-order valence-electron chi connectivity index (χ4n) is 0.928. The number of amides is 1. The van der Waals surface area contributed by atoms with Gasteiger partial charge in [0.15, 0.2) is 6.10 Å². The van der Waals surface area contributed by atoms with Gasteiger partial charge in [0.05, 0.1) is 6.54 Å². The molecule has 0 bridgehead atoms. The molecule has 0 spiro atoms. The van der Waals surface area contributed by atoms with Crippen molar-refractivity contribution in [1.82, 2.24) is 5.32 Å². The Balaban J connectivity index is 4.28.